The lowest BCUT2D eigenvalue weighted by atomic mass is 9.99. The third-order valence-corrected chi connectivity index (χ3v) is 3.69. The summed E-state index contributed by atoms with van der Waals surface area (Å²) in [4.78, 5) is 2.27. The Labute approximate surface area is 109 Å². The zero-order valence-corrected chi connectivity index (χ0v) is 11.4. The fourth-order valence-corrected chi connectivity index (χ4v) is 2.79. The summed E-state index contributed by atoms with van der Waals surface area (Å²) in [5.41, 5.74) is 8.04. The molecule has 0 spiro atoms. The molecule has 0 radical (unpaired) electrons. The van der Waals surface area contributed by atoms with Gasteiger partial charge in [0.2, 0.25) is 0 Å². The van der Waals surface area contributed by atoms with E-state index in [9.17, 15) is 5.11 Å². The average Bonchev–Trinajstić information content (AvgIpc) is 2.65. The van der Waals surface area contributed by atoms with Crippen LogP contribution in [0.5, 0.6) is 0 Å². The van der Waals surface area contributed by atoms with Crippen LogP contribution in [0.1, 0.15) is 31.9 Å². The maximum atomic E-state index is 9.30. The third-order valence-electron chi connectivity index (χ3n) is 3.69. The first-order valence-corrected chi connectivity index (χ1v) is 6.84. The lowest BCUT2D eigenvalue weighted by Crippen LogP contribution is -2.38. The van der Waals surface area contributed by atoms with Crippen LogP contribution in [0, 0.1) is 5.92 Å². The zero-order chi connectivity index (χ0) is 13.1. The van der Waals surface area contributed by atoms with Gasteiger partial charge in [0.05, 0.1) is 11.4 Å². The molecular weight excluding hydrogens is 228 g/mol. The van der Waals surface area contributed by atoms with Crippen molar-refractivity contribution in [2.75, 3.05) is 30.3 Å². The minimum Gasteiger partial charge on any atom is -0.396 e. The highest BCUT2D eigenvalue weighted by Gasteiger charge is 2.24. The first-order valence-electron chi connectivity index (χ1n) is 6.84. The maximum absolute atomic E-state index is 9.30. The second-order valence-electron chi connectivity index (χ2n) is 5.19. The molecule has 5 heteroatoms. The number of piperidine rings is 1. The summed E-state index contributed by atoms with van der Waals surface area (Å²) in [7, 11) is 1.95. The fourth-order valence-electron chi connectivity index (χ4n) is 2.79. The van der Waals surface area contributed by atoms with E-state index in [-0.39, 0.29) is 6.61 Å². The van der Waals surface area contributed by atoms with Crippen molar-refractivity contribution >= 4 is 11.5 Å². The summed E-state index contributed by atoms with van der Waals surface area (Å²) in [5, 5.41) is 13.8. The van der Waals surface area contributed by atoms with Gasteiger partial charge in [0, 0.05) is 26.7 Å². The second kappa shape index (κ2) is 5.61. The number of nitrogens with zero attached hydrogens (tertiary/aromatic N) is 3. The summed E-state index contributed by atoms with van der Waals surface area (Å²) in [6.45, 7) is 4.28. The molecule has 1 unspecified atom stereocenters. The van der Waals surface area contributed by atoms with Crippen LogP contribution in [-0.4, -0.2) is 34.6 Å². The number of aliphatic hydroxyl groups excluding tert-OH is 1. The van der Waals surface area contributed by atoms with E-state index in [1.165, 1.54) is 0 Å². The molecule has 1 aliphatic heterocycles. The summed E-state index contributed by atoms with van der Waals surface area (Å²) in [6, 6.07) is 0. The van der Waals surface area contributed by atoms with Crippen LogP contribution in [0.2, 0.25) is 0 Å². The van der Waals surface area contributed by atoms with Crippen molar-refractivity contribution in [3.63, 3.8) is 0 Å². The molecule has 0 amide bonds. The standard InChI is InChI=1S/C13H24N4O/c1-3-5-11-12(14)13(16(2)15-11)17-7-4-6-10(8-17)9-18/h10,18H,3-9,14H2,1-2H3. The molecule has 3 N–H and O–H groups in total. The first kappa shape index (κ1) is 13.2. The highest BCUT2D eigenvalue weighted by Crippen LogP contribution is 2.30. The van der Waals surface area contributed by atoms with Crippen molar-refractivity contribution in [1.29, 1.82) is 0 Å². The molecule has 2 rings (SSSR count). The van der Waals surface area contributed by atoms with Crippen LogP contribution in [0.3, 0.4) is 0 Å². The quantitative estimate of drug-likeness (QED) is 0.844. The number of nitrogens with two attached hydrogens (primary N) is 1. The Morgan fingerprint density at radius 2 is 2.28 bits per heavy atom. The number of anilines is 2. The van der Waals surface area contributed by atoms with E-state index in [1.807, 2.05) is 11.7 Å². The topological polar surface area (TPSA) is 67.3 Å². The lowest BCUT2D eigenvalue weighted by Gasteiger charge is -2.33. The summed E-state index contributed by atoms with van der Waals surface area (Å²) >= 11 is 0. The van der Waals surface area contributed by atoms with Gasteiger partial charge in [0.25, 0.3) is 0 Å². The van der Waals surface area contributed by atoms with Gasteiger partial charge in [-0.25, -0.2) is 0 Å². The van der Waals surface area contributed by atoms with Crippen molar-refractivity contribution in [1.82, 2.24) is 9.78 Å². The van der Waals surface area contributed by atoms with E-state index in [1.54, 1.807) is 0 Å². The molecule has 102 valence electrons. The molecule has 1 fully saturated rings. The van der Waals surface area contributed by atoms with Gasteiger partial charge in [-0.2, -0.15) is 5.10 Å². The van der Waals surface area contributed by atoms with Crippen LogP contribution in [0.15, 0.2) is 0 Å². The van der Waals surface area contributed by atoms with Crippen molar-refractivity contribution in [2.24, 2.45) is 13.0 Å². The van der Waals surface area contributed by atoms with Crippen molar-refractivity contribution in [2.45, 2.75) is 32.6 Å². The Balaban J connectivity index is 2.21. The van der Waals surface area contributed by atoms with E-state index >= 15 is 0 Å². The number of aliphatic hydroxyl groups is 1. The zero-order valence-electron chi connectivity index (χ0n) is 11.4. The number of aromatic nitrogens is 2. The lowest BCUT2D eigenvalue weighted by molar-refractivity contribution is 0.208. The van der Waals surface area contributed by atoms with Crippen molar-refractivity contribution < 1.29 is 5.11 Å². The smallest absolute Gasteiger partial charge is 0.150 e. The SMILES string of the molecule is CCCc1nn(C)c(N2CCCC(CO)C2)c1N. The predicted octanol–water partition coefficient (Wildman–Crippen LogP) is 1.16. The Morgan fingerprint density at radius 3 is 2.94 bits per heavy atom. The van der Waals surface area contributed by atoms with Crippen LogP contribution >= 0.6 is 0 Å². The molecule has 1 saturated heterocycles. The van der Waals surface area contributed by atoms with Crippen LogP contribution in [0.25, 0.3) is 0 Å². The summed E-state index contributed by atoms with van der Waals surface area (Å²) < 4.78 is 1.89. The highest BCUT2D eigenvalue weighted by molar-refractivity contribution is 5.66. The molecule has 0 saturated carbocycles. The Bertz CT molecular complexity index is 402. The molecule has 1 aromatic rings. The van der Waals surface area contributed by atoms with Crippen molar-refractivity contribution in [3.05, 3.63) is 5.69 Å². The first-order chi connectivity index (χ1) is 8.67. The van der Waals surface area contributed by atoms with Gasteiger partial charge >= 0.3 is 0 Å². The highest BCUT2D eigenvalue weighted by atomic mass is 16.3. The van der Waals surface area contributed by atoms with E-state index in [0.29, 0.717) is 5.92 Å². The molecule has 0 aliphatic carbocycles. The molecule has 1 aliphatic rings. The fraction of sp³-hybridized carbons (Fsp3) is 0.769. The van der Waals surface area contributed by atoms with Gasteiger partial charge in [0.15, 0.2) is 0 Å². The van der Waals surface area contributed by atoms with Crippen LogP contribution in [-0.2, 0) is 13.5 Å². The van der Waals surface area contributed by atoms with E-state index in [0.717, 1.165) is 56.0 Å². The molecule has 0 aromatic carbocycles. The third kappa shape index (κ3) is 2.46. The number of aryl methyl sites for hydroxylation is 2. The summed E-state index contributed by atoms with van der Waals surface area (Å²) in [6.07, 6.45) is 4.20. The largest absolute Gasteiger partial charge is 0.396 e. The van der Waals surface area contributed by atoms with Gasteiger partial charge in [0.1, 0.15) is 5.82 Å². The molecular formula is C13H24N4O. The number of hydrogen-bond acceptors (Lipinski definition) is 4. The van der Waals surface area contributed by atoms with E-state index < -0.39 is 0 Å². The number of hydrogen-bond donors (Lipinski definition) is 2. The van der Waals surface area contributed by atoms with Gasteiger partial charge in [-0.3, -0.25) is 4.68 Å². The predicted molar refractivity (Wildman–Crippen MR) is 73.6 cm³/mol. The molecule has 18 heavy (non-hydrogen) atoms. The van der Waals surface area contributed by atoms with E-state index in [2.05, 4.69) is 16.9 Å². The molecule has 0 bridgehead atoms. The molecule has 1 aromatic heterocycles. The minimum absolute atomic E-state index is 0.260. The number of rotatable bonds is 4. The van der Waals surface area contributed by atoms with Crippen LogP contribution < -0.4 is 10.6 Å². The Morgan fingerprint density at radius 1 is 1.50 bits per heavy atom. The molecule has 1 atom stereocenters. The average molecular weight is 252 g/mol. The molecule has 2 heterocycles. The maximum Gasteiger partial charge on any atom is 0.150 e. The van der Waals surface area contributed by atoms with Crippen LogP contribution in [0.4, 0.5) is 11.5 Å². The number of nitrogen functional groups attached to an aromatic ring is 1. The van der Waals surface area contributed by atoms with Crippen molar-refractivity contribution in [3.8, 4) is 0 Å². The van der Waals surface area contributed by atoms with Gasteiger partial charge in [-0.1, -0.05) is 13.3 Å². The van der Waals surface area contributed by atoms with Gasteiger partial charge < -0.3 is 15.7 Å². The normalized spacial score (nSPS) is 20.4. The van der Waals surface area contributed by atoms with E-state index in [4.69, 9.17) is 5.73 Å². The van der Waals surface area contributed by atoms with Gasteiger partial charge in [-0.15, -0.1) is 0 Å². The second-order valence-corrected chi connectivity index (χ2v) is 5.19. The Hall–Kier alpha value is -1.23. The monoisotopic (exact) mass is 252 g/mol. The Kier molecular flexibility index (Phi) is 4.11. The summed E-state index contributed by atoms with van der Waals surface area (Å²) in [5.74, 6) is 1.39. The van der Waals surface area contributed by atoms with Gasteiger partial charge in [-0.05, 0) is 25.2 Å². The minimum atomic E-state index is 0.260. The molecule has 5 nitrogen and oxygen atoms in total.